The minimum atomic E-state index is -1.29. The minimum absolute atomic E-state index is 0. The van der Waals surface area contributed by atoms with Crippen molar-refractivity contribution in [2.75, 3.05) is 21.3 Å². The van der Waals surface area contributed by atoms with Crippen LogP contribution in [0.15, 0.2) is 117 Å². The molecule has 278 valence electrons. The summed E-state index contributed by atoms with van der Waals surface area (Å²) >= 11 is 22.0. The van der Waals surface area contributed by atoms with Gasteiger partial charge >= 0.3 is 23.9 Å². The van der Waals surface area contributed by atoms with Crippen LogP contribution in [0.3, 0.4) is 0 Å². The molecule has 0 amide bonds. The Labute approximate surface area is 365 Å². The van der Waals surface area contributed by atoms with Gasteiger partial charge < -0.3 is 39.8 Å². The van der Waals surface area contributed by atoms with Crippen LogP contribution in [0.2, 0.25) is 0 Å². The van der Waals surface area contributed by atoms with E-state index in [-0.39, 0.29) is 19.5 Å². The van der Waals surface area contributed by atoms with E-state index >= 15 is 0 Å². The number of hydrogen-bond donors (Lipinski definition) is 10. The van der Waals surface area contributed by atoms with Crippen molar-refractivity contribution >= 4 is 157 Å². The molecule has 0 bridgehead atoms. The van der Waals surface area contributed by atoms with Crippen LogP contribution in [0.1, 0.15) is 0 Å². The molecule has 0 aliphatic carbocycles. The molecule has 22 heteroatoms. The van der Waals surface area contributed by atoms with E-state index in [0.29, 0.717) is 12.3 Å². The summed E-state index contributed by atoms with van der Waals surface area (Å²) in [5.74, 6) is -3.32. The van der Waals surface area contributed by atoms with Gasteiger partial charge in [-0.3, -0.25) is 0 Å². The summed E-state index contributed by atoms with van der Waals surface area (Å²) in [5, 5.41) is 29.4. The summed E-state index contributed by atoms with van der Waals surface area (Å²) < 4.78 is 5.01. The maximum atomic E-state index is 12.4. The van der Waals surface area contributed by atoms with Gasteiger partial charge in [-0.1, -0.05) is 95.6 Å². The average molecular weight is 949 g/mol. The van der Waals surface area contributed by atoms with E-state index in [1.54, 1.807) is 0 Å². The SMILES string of the molecule is O=C(O)C1(S)Nc2ccccc2S1.O=C(O)C1(S)Nc2ccccc2S1.O=C(OSOC(=O)C1(S)Nc2ccccc2S1)C1(S)Nc2ccccc2S1.[Zn]. The van der Waals surface area contributed by atoms with E-state index in [4.69, 9.17) is 18.6 Å². The summed E-state index contributed by atoms with van der Waals surface area (Å²) in [4.78, 5) is 50.0. The molecule has 4 aromatic carbocycles. The second kappa shape index (κ2) is 17.5. The van der Waals surface area contributed by atoms with Crippen LogP contribution >= 0.6 is 110 Å². The van der Waals surface area contributed by atoms with E-state index in [9.17, 15) is 19.2 Å². The number of thiol groups is 4. The molecule has 0 aromatic heterocycles. The minimum Gasteiger partial charge on any atom is -0.478 e. The van der Waals surface area contributed by atoms with Crippen molar-refractivity contribution in [1.29, 1.82) is 0 Å². The number of hydrogen-bond acceptors (Lipinski definition) is 19. The number of benzene rings is 4. The van der Waals surface area contributed by atoms with Crippen molar-refractivity contribution in [2.24, 2.45) is 0 Å². The molecule has 0 saturated heterocycles. The van der Waals surface area contributed by atoms with E-state index in [1.807, 2.05) is 97.1 Å². The van der Waals surface area contributed by atoms with Gasteiger partial charge in [0.15, 0.2) is 0 Å². The third-order valence-corrected chi connectivity index (χ3v) is 14.5. The second-order valence-corrected chi connectivity index (χ2v) is 20.3. The topological polar surface area (TPSA) is 175 Å². The molecular weight excluding hydrogens is 922 g/mol. The normalized spacial score (nSPS) is 24.5. The van der Waals surface area contributed by atoms with Crippen LogP contribution in [-0.2, 0) is 47.0 Å². The van der Waals surface area contributed by atoms with Gasteiger partial charge in [-0.25, -0.2) is 19.2 Å². The molecule has 8 rings (SSSR count). The van der Waals surface area contributed by atoms with Crippen molar-refractivity contribution in [1.82, 2.24) is 0 Å². The summed E-state index contributed by atoms with van der Waals surface area (Å²) in [6, 6.07) is 29.7. The number of carboxylic acid groups (broad SMARTS) is 2. The van der Waals surface area contributed by atoms with Gasteiger partial charge in [0.2, 0.25) is 16.8 Å². The largest absolute Gasteiger partial charge is 0.478 e. The summed E-state index contributed by atoms with van der Waals surface area (Å²) in [7, 11) is 0. The predicted molar refractivity (Wildman–Crippen MR) is 226 cm³/mol. The van der Waals surface area contributed by atoms with Gasteiger partial charge in [0.25, 0.3) is 12.3 Å². The molecule has 0 spiro atoms. The van der Waals surface area contributed by atoms with Crippen LogP contribution in [-0.4, -0.2) is 50.9 Å². The van der Waals surface area contributed by atoms with Crippen LogP contribution in [0, 0.1) is 0 Å². The molecule has 4 atom stereocenters. The fraction of sp³-hybridized carbons (Fsp3) is 0.125. The maximum Gasteiger partial charge on any atom is 0.368 e. The zero-order chi connectivity index (χ0) is 38.0. The van der Waals surface area contributed by atoms with Crippen LogP contribution in [0.25, 0.3) is 0 Å². The number of anilines is 4. The van der Waals surface area contributed by atoms with Crippen LogP contribution < -0.4 is 21.3 Å². The molecule has 54 heavy (non-hydrogen) atoms. The third kappa shape index (κ3) is 9.46. The monoisotopic (exact) mass is 946 g/mol. The number of para-hydroxylation sites is 4. The smallest absolute Gasteiger partial charge is 0.368 e. The number of rotatable bonds is 6. The summed E-state index contributed by atoms with van der Waals surface area (Å²) in [6.07, 6.45) is 0. The number of aliphatic carboxylic acids is 2. The number of nitrogens with one attached hydrogen (secondary N) is 4. The predicted octanol–water partition coefficient (Wildman–Crippen LogP) is 7.98. The fourth-order valence-electron chi connectivity index (χ4n) is 4.68. The number of fused-ring (bicyclic) bond motifs is 4. The van der Waals surface area contributed by atoms with E-state index in [2.05, 4.69) is 71.8 Å². The first-order valence-corrected chi connectivity index (χ1v) is 20.6. The standard InChI is InChI=1S/C16H12N2O4S5.2C8H7NO2S2.Zn/c19-13(15(23)17-9-5-1-3-7-11(9)25-15)21-27-22-14(20)16(24)18-10-6-2-4-8-12(10)26-16;2*10-7(11)8(12)9-5-3-1-2-4-6(5)13-8;/h1-8,17-18,23-24H;2*1-4,9,12H,(H,10,11);. The number of thioether (sulfide) groups is 4. The van der Waals surface area contributed by atoms with Crippen molar-refractivity contribution in [3.05, 3.63) is 97.1 Å². The Kier molecular flexibility index (Phi) is 13.9. The van der Waals surface area contributed by atoms with E-state index in [1.165, 1.54) is 47.0 Å². The number of carboxylic acids is 2. The molecule has 4 heterocycles. The Morgan fingerprint density at radius 2 is 0.722 bits per heavy atom. The van der Waals surface area contributed by atoms with Crippen molar-refractivity contribution in [3.8, 4) is 0 Å². The van der Waals surface area contributed by atoms with Gasteiger partial charge in [0, 0.05) is 39.1 Å². The Morgan fingerprint density at radius 3 is 0.981 bits per heavy atom. The third-order valence-electron chi connectivity index (χ3n) is 7.15. The second-order valence-electron chi connectivity index (χ2n) is 10.9. The van der Waals surface area contributed by atoms with Crippen LogP contribution in [0.4, 0.5) is 22.7 Å². The summed E-state index contributed by atoms with van der Waals surface area (Å²) in [5.41, 5.74) is 3.22. The Morgan fingerprint density at radius 1 is 0.481 bits per heavy atom. The molecule has 0 fully saturated rings. The molecule has 0 radical (unpaired) electrons. The van der Waals surface area contributed by atoms with E-state index < -0.39 is 40.7 Å². The van der Waals surface area contributed by atoms with Gasteiger partial charge in [-0.05, 0) is 48.5 Å². The Bertz CT molecular complexity index is 1860. The maximum absolute atomic E-state index is 12.4. The fourth-order valence-corrected chi connectivity index (χ4v) is 10.9. The van der Waals surface area contributed by atoms with E-state index in [0.717, 1.165) is 42.3 Å². The Balaban J connectivity index is 0.000000173. The number of carbonyl (C=O) groups is 4. The molecule has 4 aliphatic heterocycles. The first-order valence-electron chi connectivity index (χ1n) is 14.8. The first kappa shape index (κ1) is 42.9. The molecule has 6 N–H and O–H groups in total. The van der Waals surface area contributed by atoms with Crippen molar-refractivity contribution in [2.45, 2.75) is 36.4 Å². The van der Waals surface area contributed by atoms with Gasteiger partial charge in [0.05, 0.1) is 22.7 Å². The average Bonchev–Trinajstić information content (AvgIpc) is 3.87. The zero-order valence-electron chi connectivity index (χ0n) is 27.1. The quantitative estimate of drug-likeness (QED) is 0.0511. The molecular formula is C32H26N4O8S9Zn. The number of carbonyl (C=O) groups excluding carboxylic acids is 2. The van der Waals surface area contributed by atoms with Crippen LogP contribution in [0.5, 0.6) is 0 Å². The zero-order valence-corrected chi connectivity index (χ0v) is 37.7. The molecule has 4 aliphatic rings. The van der Waals surface area contributed by atoms with Gasteiger partial charge in [-0.2, -0.15) is 0 Å². The molecule has 0 saturated carbocycles. The van der Waals surface area contributed by atoms with Crippen molar-refractivity contribution < 1.29 is 57.2 Å². The molecule has 4 aromatic rings. The van der Waals surface area contributed by atoms with Gasteiger partial charge in [0.1, 0.15) is 0 Å². The molecule has 4 unspecified atom stereocenters. The van der Waals surface area contributed by atoms with Crippen molar-refractivity contribution in [3.63, 3.8) is 0 Å². The molecule has 12 nitrogen and oxygen atoms in total. The Hall–Kier alpha value is -2.27. The summed E-state index contributed by atoms with van der Waals surface area (Å²) in [6.45, 7) is 0. The van der Waals surface area contributed by atoms with Gasteiger partial charge in [-0.15, -0.1) is 50.5 Å². The first-order chi connectivity index (χ1) is 25.1.